The SMILES string of the molecule is CCCSC1=CCC(C(CO)c2nc3c(Cl)c(-c4ccccc4OC(F)(F)F)c(Cl)cc3[nH]2)C=C1. The minimum Gasteiger partial charge on any atom is -0.405 e. The van der Waals surface area contributed by atoms with E-state index >= 15 is 0 Å². The molecule has 35 heavy (non-hydrogen) atoms. The lowest BCUT2D eigenvalue weighted by Gasteiger charge is -2.23. The second kappa shape index (κ2) is 10.9. The topological polar surface area (TPSA) is 58.1 Å². The van der Waals surface area contributed by atoms with Crippen molar-refractivity contribution in [2.24, 2.45) is 5.92 Å². The molecule has 1 aliphatic carbocycles. The van der Waals surface area contributed by atoms with E-state index in [1.807, 2.05) is 0 Å². The molecule has 2 N–H and O–H groups in total. The molecule has 0 radical (unpaired) electrons. The van der Waals surface area contributed by atoms with Crippen molar-refractivity contribution in [2.45, 2.75) is 32.0 Å². The monoisotopic (exact) mass is 542 g/mol. The summed E-state index contributed by atoms with van der Waals surface area (Å²) in [5.74, 6) is 0.883. The van der Waals surface area contributed by atoms with Crippen LogP contribution in [0.25, 0.3) is 22.2 Å². The number of ether oxygens (including phenoxy) is 1. The van der Waals surface area contributed by atoms with E-state index in [4.69, 9.17) is 23.2 Å². The number of para-hydroxylation sites is 1. The highest BCUT2D eigenvalue weighted by atomic mass is 35.5. The van der Waals surface area contributed by atoms with Crippen LogP contribution in [0.3, 0.4) is 0 Å². The number of rotatable bonds is 8. The van der Waals surface area contributed by atoms with Crippen molar-refractivity contribution in [2.75, 3.05) is 12.4 Å². The maximum Gasteiger partial charge on any atom is 0.573 e. The number of hydrogen-bond acceptors (Lipinski definition) is 4. The summed E-state index contributed by atoms with van der Waals surface area (Å²) in [5, 5.41) is 10.4. The Morgan fingerprint density at radius 2 is 2.06 bits per heavy atom. The van der Waals surface area contributed by atoms with E-state index in [1.54, 1.807) is 23.9 Å². The lowest BCUT2D eigenvalue weighted by molar-refractivity contribution is -0.274. The van der Waals surface area contributed by atoms with Gasteiger partial charge in [-0.1, -0.05) is 66.6 Å². The largest absolute Gasteiger partial charge is 0.573 e. The molecule has 186 valence electrons. The number of fused-ring (bicyclic) bond motifs is 1. The molecule has 0 saturated heterocycles. The number of H-pyrrole nitrogens is 1. The second-order valence-corrected chi connectivity index (χ2v) is 10.1. The molecule has 1 heterocycles. The Bertz CT molecular complexity index is 1270. The summed E-state index contributed by atoms with van der Waals surface area (Å²) < 4.78 is 43.0. The molecule has 2 aromatic carbocycles. The molecule has 3 aromatic rings. The number of nitrogens with zero attached hydrogens (tertiary/aromatic N) is 1. The maximum atomic E-state index is 12.9. The van der Waals surface area contributed by atoms with Crippen LogP contribution in [-0.2, 0) is 0 Å². The highest BCUT2D eigenvalue weighted by Gasteiger charge is 2.33. The van der Waals surface area contributed by atoms with Gasteiger partial charge in [0.2, 0.25) is 0 Å². The molecule has 0 spiro atoms. The zero-order valence-corrected chi connectivity index (χ0v) is 21.0. The Balaban J connectivity index is 1.69. The summed E-state index contributed by atoms with van der Waals surface area (Å²) in [7, 11) is 0. The van der Waals surface area contributed by atoms with E-state index in [0.717, 1.165) is 18.6 Å². The molecule has 4 nitrogen and oxygen atoms in total. The van der Waals surface area contributed by atoms with E-state index < -0.39 is 12.1 Å². The molecule has 0 bridgehead atoms. The van der Waals surface area contributed by atoms with Crippen LogP contribution in [0.5, 0.6) is 5.75 Å². The van der Waals surface area contributed by atoms with E-state index in [-0.39, 0.29) is 39.6 Å². The molecule has 0 fully saturated rings. The summed E-state index contributed by atoms with van der Waals surface area (Å²) in [5.41, 5.74) is 1.18. The fraction of sp³-hybridized carbons (Fsp3) is 0.320. The number of aromatic amines is 1. The van der Waals surface area contributed by atoms with Crippen molar-refractivity contribution in [1.29, 1.82) is 0 Å². The van der Waals surface area contributed by atoms with Gasteiger partial charge in [0.25, 0.3) is 0 Å². The third-order valence-corrected chi connectivity index (χ3v) is 7.62. The van der Waals surface area contributed by atoms with Crippen LogP contribution in [0.2, 0.25) is 10.0 Å². The third-order valence-electron chi connectivity index (χ3n) is 5.71. The summed E-state index contributed by atoms with van der Waals surface area (Å²) in [6.07, 6.45) is 3.29. The van der Waals surface area contributed by atoms with E-state index in [1.165, 1.54) is 23.1 Å². The van der Waals surface area contributed by atoms with Gasteiger partial charge >= 0.3 is 6.36 Å². The van der Waals surface area contributed by atoms with Gasteiger partial charge in [-0.15, -0.1) is 24.9 Å². The standard InChI is InChI=1S/C25H23Cl2F3N2O2S/c1-2-11-35-15-9-7-14(8-10-15)17(13-33)24-31-19-12-18(26)21(22(27)23(19)32-24)16-5-3-4-6-20(16)34-25(28,29)30/h3-7,9-10,12,14,17,33H,2,8,11,13H2,1H3,(H,31,32). The molecule has 1 aromatic heterocycles. The maximum absolute atomic E-state index is 12.9. The highest BCUT2D eigenvalue weighted by Crippen LogP contribution is 2.44. The number of benzene rings is 2. The summed E-state index contributed by atoms with van der Waals surface area (Å²) >= 11 is 14.9. The van der Waals surface area contributed by atoms with Gasteiger partial charge in [0.05, 0.1) is 22.2 Å². The smallest absolute Gasteiger partial charge is 0.405 e. The van der Waals surface area contributed by atoms with Crippen LogP contribution in [-0.4, -0.2) is 33.8 Å². The van der Waals surface area contributed by atoms with Crippen molar-refractivity contribution in [1.82, 2.24) is 9.97 Å². The zero-order chi connectivity index (χ0) is 25.2. The Labute approximate surface area is 215 Å². The number of alkyl halides is 3. The molecule has 0 aliphatic heterocycles. The van der Waals surface area contributed by atoms with Gasteiger partial charge in [-0.05, 0) is 36.6 Å². The number of imidazole rings is 1. The van der Waals surface area contributed by atoms with Gasteiger partial charge in [0, 0.05) is 21.9 Å². The molecule has 4 rings (SSSR count). The van der Waals surface area contributed by atoms with Crippen molar-refractivity contribution < 1.29 is 23.0 Å². The number of hydrogen-bond donors (Lipinski definition) is 2. The third kappa shape index (κ3) is 5.82. The summed E-state index contributed by atoms with van der Waals surface area (Å²) in [6, 6.07) is 7.24. The number of thioether (sulfide) groups is 1. The predicted molar refractivity (Wildman–Crippen MR) is 136 cm³/mol. The Morgan fingerprint density at radius 3 is 2.71 bits per heavy atom. The van der Waals surface area contributed by atoms with Crippen molar-refractivity contribution in [3.63, 3.8) is 0 Å². The molecule has 1 aliphatic rings. The minimum absolute atomic E-state index is 0.0289. The normalized spacial score (nSPS) is 17.0. The fourth-order valence-electron chi connectivity index (χ4n) is 4.08. The number of allylic oxidation sites excluding steroid dienone is 3. The fourth-order valence-corrected chi connectivity index (χ4v) is 5.61. The van der Waals surface area contributed by atoms with E-state index in [0.29, 0.717) is 16.9 Å². The lowest BCUT2D eigenvalue weighted by Crippen LogP contribution is -2.17. The van der Waals surface area contributed by atoms with Crippen LogP contribution < -0.4 is 4.74 Å². The second-order valence-electron chi connectivity index (χ2n) is 8.11. The first kappa shape index (κ1) is 25.9. The highest BCUT2D eigenvalue weighted by molar-refractivity contribution is 8.03. The van der Waals surface area contributed by atoms with Crippen LogP contribution in [0.15, 0.2) is 53.5 Å². The van der Waals surface area contributed by atoms with Gasteiger partial charge in [-0.3, -0.25) is 0 Å². The van der Waals surface area contributed by atoms with Crippen molar-refractivity contribution in [3.05, 3.63) is 69.3 Å². The number of aliphatic hydroxyl groups is 1. The number of aliphatic hydroxyl groups excluding tert-OH is 1. The van der Waals surface area contributed by atoms with Crippen LogP contribution >= 0.6 is 35.0 Å². The first-order valence-corrected chi connectivity index (χ1v) is 12.8. The minimum atomic E-state index is -4.87. The van der Waals surface area contributed by atoms with E-state index in [2.05, 4.69) is 39.9 Å². The molecule has 2 atom stereocenters. The molecular weight excluding hydrogens is 520 g/mol. The summed E-state index contributed by atoms with van der Waals surface area (Å²) in [4.78, 5) is 9.03. The van der Waals surface area contributed by atoms with Crippen LogP contribution in [0.1, 0.15) is 31.5 Å². The van der Waals surface area contributed by atoms with Gasteiger partial charge in [-0.25, -0.2) is 4.98 Å². The number of aromatic nitrogens is 2. The molecule has 0 saturated carbocycles. The average Bonchev–Trinajstić information content (AvgIpc) is 3.23. The van der Waals surface area contributed by atoms with Crippen molar-refractivity contribution >= 4 is 46.0 Å². The van der Waals surface area contributed by atoms with Gasteiger partial charge in [0.15, 0.2) is 0 Å². The molecule has 2 unspecified atom stereocenters. The molecule has 10 heteroatoms. The quantitative estimate of drug-likeness (QED) is 0.301. The Morgan fingerprint density at radius 1 is 1.29 bits per heavy atom. The Hall–Kier alpha value is -2.13. The van der Waals surface area contributed by atoms with Crippen LogP contribution in [0, 0.1) is 5.92 Å². The average molecular weight is 543 g/mol. The zero-order valence-electron chi connectivity index (χ0n) is 18.7. The van der Waals surface area contributed by atoms with Crippen LogP contribution in [0.4, 0.5) is 13.2 Å². The van der Waals surface area contributed by atoms with Gasteiger partial charge in [0.1, 0.15) is 17.1 Å². The van der Waals surface area contributed by atoms with Crippen molar-refractivity contribution in [3.8, 4) is 16.9 Å². The number of nitrogens with one attached hydrogen (secondary N) is 1. The molecule has 0 amide bonds. The Kier molecular flexibility index (Phi) is 8.06. The lowest BCUT2D eigenvalue weighted by atomic mass is 9.87. The van der Waals surface area contributed by atoms with E-state index in [9.17, 15) is 18.3 Å². The first-order chi connectivity index (χ1) is 16.7. The molecular formula is C25H23Cl2F3N2O2S. The first-order valence-electron chi connectivity index (χ1n) is 11.1. The summed E-state index contributed by atoms with van der Waals surface area (Å²) in [6.45, 7) is 2.00. The van der Waals surface area contributed by atoms with Gasteiger partial charge < -0.3 is 14.8 Å². The van der Waals surface area contributed by atoms with Gasteiger partial charge in [-0.2, -0.15) is 0 Å². The predicted octanol–water partition coefficient (Wildman–Crippen LogP) is 8.11. The number of halogens is 5.